The second kappa shape index (κ2) is 8.32. The predicted octanol–water partition coefficient (Wildman–Crippen LogP) is 0.609. The van der Waals surface area contributed by atoms with E-state index in [2.05, 4.69) is 15.9 Å². The van der Waals surface area contributed by atoms with E-state index in [0.29, 0.717) is 11.4 Å². The van der Waals surface area contributed by atoms with Crippen molar-refractivity contribution in [3.05, 3.63) is 50.2 Å². The van der Waals surface area contributed by atoms with Crippen LogP contribution in [0.5, 0.6) is 5.75 Å². The lowest BCUT2D eigenvalue weighted by Crippen LogP contribution is -2.37. The SMILES string of the molecule is C#CCn1c(=NC(=O)Cn2cnc3c2c(=O)n(C)c(=O)n3C)sc2cc(OCC)ccc21. The number of imidazole rings is 1. The summed E-state index contributed by atoms with van der Waals surface area (Å²) in [5.74, 6) is 2.82. The fourth-order valence-electron chi connectivity index (χ4n) is 3.44. The van der Waals surface area contributed by atoms with E-state index >= 15 is 0 Å². The maximum absolute atomic E-state index is 12.8. The molecule has 4 rings (SSSR count). The predicted molar refractivity (Wildman–Crippen MR) is 121 cm³/mol. The van der Waals surface area contributed by atoms with Crippen LogP contribution >= 0.6 is 11.3 Å². The molecule has 0 unspecified atom stereocenters. The Morgan fingerprint density at radius 2 is 2.06 bits per heavy atom. The minimum absolute atomic E-state index is 0.160. The number of aromatic nitrogens is 5. The van der Waals surface area contributed by atoms with Gasteiger partial charge in [-0.1, -0.05) is 17.3 Å². The topological polar surface area (TPSA) is 105 Å². The number of terminal acetylenes is 1. The third-order valence-electron chi connectivity index (χ3n) is 4.96. The van der Waals surface area contributed by atoms with Gasteiger partial charge in [0.2, 0.25) is 0 Å². The molecule has 3 heterocycles. The van der Waals surface area contributed by atoms with Gasteiger partial charge in [-0.2, -0.15) is 4.99 Å². The minimum Gasteiger partial charge on any atom is -0.494 e. The lowest BCUT2D eigenvalue weighted by Gasteiger charge is -2.05. The number of benzene rings is 1. The van der Waals surface area contributed by atoms with Gasteiger partial charge < -0.3 is 13.9 Å². The fraction of sp³-hybridized carbons (Fsp3) is 0.286. The van der Waals surface area contributed by atoms with E-state index in [-0.39, 0.29) is 24.3 Å². The molecule has 0 aliphatic carbocycles. The lowest BCUT2D eigenvalue weighted by molar-refractivity contribution is -0.118. The first kappa shape index (κ1) is 21.3. The third-order valence-corrected chi connectivity index (χ3v) is 6.00. The highest BCUT2D eigenvalue weighted by Crippen LogP contribution is 2.23. The molecule has 0 saturated carbocycles. The normalized spacial score (nSPS) is 11.9. The van der Waals surface area contributed by atoms with Crippen molar-refractivity contribution in [3.8, 4) is 18.1 Å². The van der Waals surface area contributed by atoms with Gasteiger partial charge in [0.05, 0.1) is 29.7 Å². The van der Waals surface area contributed by atoms with Gasteiger partial charge in [-0.15, -0.1) is 6.42 Å². The number of hydrogen-bond donors (Lipinski definition) is 0. The minimum atomic E-state index is -0.527. The molecule has 0 saturated heterocycles. The summed E-state index contributed by atoms with van der Waals surface area (Å²) in [6.07, 6.45) is 6.88. The molecule has 0 atom stereocenters. The first-order valence-electron chi connectivity index (χ1n) is 9.73. The molecule has 1 aromatic carbocycles. The van der Waals surface area contributed by atoms with Crippen LogP contribution in [0.15, 0.2) is 39.1 Å². The van der Waals surface area contributed by atoms with Gasteiger partial charge in [-0.3, -0.25) is 18.7 Å². The van der Waals surface area contributed by atoms with Gasteiger partial charge in [0.1, 0.15) is 12.3 Å². The van der Waals surface area contributed by atoms with Crippen LogP contribution in [-0.4, -0.2) is 35.8 Å². The Labute approximate surface area is 185 Å². The summed E-state index contributed by atoms with van der Waals surface area (Å²) < 4.78 is 11.8. The van der Waals surface area contributed by atoms with Crippen LogP contribution in [0.3, 0.4) is 0 Å². The maximum Gasteiger partial charge on any atom is 0.332 e. The van der Waals surface area contributed by atoms with Crippen molar-refractivity contribution in [3.63, 3.8) is 0 Å². The Kier molecular flexibility index (Phi) is 5.54. The molecule has 3 aromatic heterocycles. The summed E-state index contributed by atoms with van der Waals surface area (Å²) in [4.78, 5) is 46.3. The molecule has 0 N–H and O–H groups in total. The number of amides is 1. The smallest absolute Gasteiger partial charge is 0.332 e. The Balaban J connectivity index is 1.78. The first-order valence-corrected chi connectivity index (χ1v) is 10.6. The van der Waals surface area contributed by atoms with Crippen LogP contribution in [-0.2, 0) is 32.0 Å². The summed E-state index contributed by atoms with van der Waals surface area (Å²) in [7, 11) is 2.90. The molecule has 164 valence electrons. The molecule has 0 fully saturated rings. The second-order valence-electron chi connectivity index (χ2n) is 6.99. The average Bonchev–Trinajstić information content (AvgIpc) is 3.32. The van der Waals surface area contributed by atoms with E-state index in [0.717, 1.165) is 20.5 Å². The van der Waals surface area contributed by atoms with E-state index in [1.807, 2.05) is 25.1 Å². The van der Waals surface area contributed by atoms with Crippen molar-refractivity contribution in [2.75, 3.05) is 6.61 Å². The van der Waals surface area contributed by atoms with E-state index in [4.69, 9.17) is 11.2 Å². The molecule has 0 aliphatic heterocycles. The van der Waals surface area contributed by atoms with Crippen LogP contribution in [0.2, 0.25) is 0 Å². The van der Waals surface area contributed by atoms with Gasteiger partial charge in [0, 0.05) is 14.1 Å². The van der Waals surface area contributed by atoms with Gasteiger partial charge in [-0.05, 0) is 25.1 Å². The van der Waals surface area contributed by atoms with Gasteiger partial charge in [0.15, 0.2) is 16.0 Å². The van der Waals surface area contributed by atoms with Crippen molar-refractivity contribution >= 4 is 38.6 Å². The zero-order valence-electron chi connectivity index (χ0n) is 17.7. The number of hydrogen-bond acceptors (Lipinski definition) is 6. The number of fused-ring (bicyclic) bond motifs is 2. The lowest BCUT2D eigenvalue weighted by atomic mass is 10.3. The Hall–Kier alpha value is -3.91. The molecule has 32 heavy (non-hydrogen) atoms. The van der Waals surface area contributed by atoms with E-state index in [1.165, 1.54) is 40.9 Å². The van der Waals surface area contributed by atoms with Gasteiger partial charge in [0.25, 0.3) is 11.5 Å². The zero-order valence-corrected chi connectivity index (χ0v) is 18.5. The van der Waals surface area contributed by atoms with Crippen molar-refractivity contribution in [1.82, 2.24) is 23.3 Å². The molecule has 0 radical (unpaired) electrons. The highest BCUT2D eigenvalue weighted by molar-refractivity contribution is 7.16. The Bertz CT molecular complexity index is 1590. The number of rotatable bonds is 5. The monoisotopic (exact) mass is 452 g/mol. The Morgan fingerprint density at radius 1 is 1.28 bits per heavy atom. The molecular formula is C21H20N6O4S. The molecular weight excluding hydrogens is 432 g/mol. The molecule has 11 heteroatoms. The summed E-state index contributed by atoms with van der Waals surface area (Å²) in [5, 5.41) is 0. The standard InChI is InChI=1S/C21H20N6O4S/c1-5-9-27-14-8-7-13(31-6-2)10-15(14)32-20(27)23-16(28)11-26-12-22-18-17(26)19(29)25(4)21(30)24(18)3/h1,7-8,10,12H,6,9,11H2,2-4H3. The van der Waals surface area contributed by atoms with Crippen LogP contribution in [0.25, 0.3) is 21.4 Å². The van der Waals surface area contributed by atoms with Gasteiger partial charge >= 0.3 is 5.69 Å². The number of aryl methyl sites for hydroxylation is 1. The van der Waals surface area contributed by atoms with Crippen LogP contribution in [0, 0.1) is 12.3 Å². The average molecular weight is 452 g/mol. The second-order valence-corrected chi connectivity index (χ2v) is 8.00. The summed E-state index contributed by atoms with van der Waals surface area (Å²) in [6.45, 7) is 2.48. The highest BCUT2D eigenvalue weighted by Gasteiger charge is 2.16. The van der Waals surface area contributed by atoms with Crippen molar-refractivity contribution in [1.29, 1.82) is 0 Å². The number of nitrogens with zero attached hydrogens (tertiary/aromatic N) is 6. The quantitative estimate of drug-likeness (QED) is 0.413. The van der Waals surface area contributed by atoms with Crippen LogP contribution in [0.4, 0.5) is 0 Å². The fourth-order valence-corrected chi connectivity index (χ4v) is 4.52. The van der Waals surface area contributed by atoms with Crippen molar-refractivity contribution < 1.29 is 9.53 Å². The number of thiazole rings is 1. The van der Waals surface area contributed by atoms with Gasteiger partial charge in [-0.25, -0.2) is 9.78 Å². The highest BCUT2D eigenvalue weighted by atomic mass is 32.1. The van der Waals surface area contributed by atoms with Crippen molar-refractivity contribution in [2.45, 2.75) is 20.0 Å². The van der Waals surface area contributed by atoms with Crippen molar-refractivity contribution in [2.24, 2.45) is 19.1 Å². The molecule has 4 aromatic rings. The van der Waals surface area contributed by atoms with Crippen LogP contribution < -0.4 is 20.8 Å². The molecule has 0 spiro atoms. The van der Waals surface area contributed by atoms with Crippen LogP contribution in [0.1, 0.15) is 6.92 Å². The van der Waals surface area contributed by atoms with E-state index < -0.39 is 17.2 Å². The summed E-state index contributed by atoms with van der Waals surface area (Å²) in [5.41, 5.74) is 0.197. The maximum atomic E-state index is 12.8. The number of carbonyl (C=O) groups is 1. The van der Waals surface area contributed by atoms with E-state index in [1.54, 1.807) is 4.57 Å². The number of carbonyl (C=O) groups excluding carboxylic acids is 1. The third kappa shape index (κ3) is 3.54. The zero-order chi connectivity index (χ0) is 23.0. The molecule has 10 nitrogen and oxygen atoms in total. The molecule has 1 amide bonds. The largest absolute Gasteiger partial charge is 0.494 e. The summed E-state index contributed by atoms with van der Waals surface area (Å²) >= 11 is 1.32. The number of ether oxygens (including phenoxy) is 1. The molecule has 0 aliphatic rings. The summed E-state index contributed by atoms with van der Waals surface area (Å²) in [6, 6.07) is 5.60. The Morgan fingerprint density at radius 3 is 2.78 bits per heavy atom. The molecule has 0 bridgehead atoms. The first-order chi connectivity index (χ1) is 15.3. The van der Waals surface area contributed by atoms with E-state index in [9.17, 15) is 14.4 Å².